The van der Waals surface area contributed by atoms with Gasteiger partial charge in [0.15, 0.2) is 0 Å². The summed E-state index contributed by atoms with van der Waals surface area (Å²) in [5.41, 5.74) is 1.43. The zero-order valence-corrected chi connectivity index (χ0v) is 12.4. The van der Waals surface area contributed by atoms with Crippen molar-refractivity contribution in [2.24, 2.45) is 11.8 Å². The Morgan fingerprint density at radius 2 is 2.40 bits per heavy atom. The van der Waals surface area contributed by atoms with Gasteiger partial charge in [0.2, 0.25) is 0 Å². The maximum absolute atomic E-state index is 12.2. The third-order valence-corrected chi connectivity index (χ3v) is 6.07. The maximum atomic E-state index is 12.2. The molecule has 5 rings (SSSR count). The van der Waals surface area contributed by atoms with E-state index >= 15 is 0 Å². The molecule has 4 aliphatic rings. The van der Waals surface area contributed by atoms with Gasteiger partial charge in [-0.2, -0.15) is 0 Å². The second-order valence-electron chi connectivity index (χ2n) is 6.10. The van der Waals surface area contributed by atoms with Crippen LogP contribution < -0.4 is 0 Å². The van der Waals surface area contributed by atoms with Gasteiger partial charge in [-0.05, 0) is 42.7 Å². The molecule has 1 aromatic heterocycles. The fourth-order valence-corrected chi connectivity index (χ4v) is 5.13. The van der Waals surface area contributed by atoms with Gasteiger partial charge >= 0.3 is 5.97 Å². The highest BCUT2D eigenvalue weighted by atomic mass is 32.1. The number of nitrogens with zero attached hydrogens (tertiary/aromatic N) is 1. The van der Waals surface area contributed by atoms with Crippen LogP contribution in [-0.4, -0.2) is 36.6 Å². The highest BCUT2D eigenvalue weighted by molar-refractivity contribution is 7.10. The van der Waals surface area contributed by atoms with Gasteiger partial charge in [0.05, 0.1) is 13.0 Å². The molecule has 106 valence electrons. The van der Waals surface area contributed by atoms with Crippen molar-refractivity contribution in [2.45, 2.75) is 31.3 Å². The minimum Gasteiger partial charge on any atom is -0.469 e. The van der Waals surface area contributed by atoms with Crippen LogP contribution in [0, 0.1) is 11.8 Å². The lowest BCUT2D eigenvalue weighted by Gasteiger charge is -2.50. The largest absolute Gasteiger partial charge is 0.469 e. The van der Waals surface area contributed by atoms with Crippen LogP contribution in [0.15, 0.2) is 23.1 Å². The molecular formula is C16H19NO2S. The lowest BCUT2D eigenvalue weighted by atomic mass is 9.71. The highest BCUT2D eigenvalue weighted by Gasteiger charge is 2.55. The monoisotopic (exact) mass is 289 g/mol. The summed E-state index contributed by atoms with van der Waals surface area (Å²) in [5.74, 6) is 0.438. The van der Waals surface area contributed by atoms with Gasteiger partial charge in [0, 0.05) is 23.5 Å². The first kappa shape index (κ1) is 12.6. The van der Waals surface area contributed by atoms with E-state index in [1.54, 1.807) is 11.3 Å². The van der Waals surface area contributed by atoms with Crippen molar-refractivity contribution >= 4 is 23.4 Å². The van der Waals surface area contributed by atoms with E-state index in [4.69, 9.17) is 4.74 Å². The predicted octanol–water partition coefficient (Wildman–Crippen LogP) is 2.79. The molecule has 1 unspecified atom stereocenters. The minimum absolute atomic E-state index is 0.0119. The number of fused-ring (bicyclic) bond motifs is 1. The molecule has 5 atom stereocenters. The number of thiophene rings is 1. The Labute approximate surface area is 123 Å². The van der Waals surface area contributed by atoms with Crippen molar-refractivity contribution in [1.82, 2.24) is 4.90 Å². The number of carbonyl (C=O) groups excluding carboxylic acids is 1. The molecule has 1 aromatic rings. The number of hydrogen-bond acceptors (Lipinski definition) is 4. The molecule has 0 amide bonds. The molecule has 4 heteroatoms. The summed E-state index contributed by atoms with van der Waals surface area (Å²) in [6.45, 7) is 1.05. The van der Waals surface area contributed by atoms with E-state index in [1.165, 1.54) is 24.0 Å². The minimum atomic E-state index is -0.0119. The lowest BCUT2D eigenvalue weighted by molar-refractivity contribution is -0.153. The summed E-state index contributed by atoms with van der Waals surface area (Å²) in [6.07, 6.45) is 5.84. The Bertz CT molecular complexity index is 551. The van der Waals surface area contributed by atoms with E-state index in [0.29, 0.717) is 18.0 Å². The van der Waals surface area contributed by atoms with Crippen LogP contribution in [0.4, 0.5) is 0 Å². The van der Waals surface area contributed by atoms with Gasteiger partial charge in [-0.25, -0.2) is 0 Å². The first-order valence-electron chi connectivity index (χ1n) is 7.35. The van der Waals surface area contributed by atoms with Gasteiger partial charge in [-0.3, -0.25) is 9.69 Å². The van der Waals surface area contributed by atoms with Crippen molar-refractivity contribution in [3.63, 3.8) is 0 Å². The highest BCUT2D eigenvalue weighted by Crippen LogP contribution is 2.50. The number of piperidine rings is 3. The van der Waals surface area contributed by atoms with Gasteiger partial charge < -0.3 is 4.74 Å². The molecule has 4 saturated heterocycles. The van der Waals surface area contributed by atoms with E-state index < -0.39 is 0 Å². The van der Waals surface area contributed by atoms with Crippen molar-refractivity contribution in [1.29, 1.82) is 0 Å². The average Bonchev–Trinajstić information content (AvgIpc) is 3.07. The van der Waals surface area contributed by atoms with Crippen LogP contribution >= 0.6 is 11.3 Å². The number of rotatable bonds is 2. The first-order chi connectivity index (χ1) is 9.78. The molecule has 4 aliphatic heterocycles. The molecule has 0 saturated carbocycles. The van der Waals surface area contributed by atoms with E-state index in [1.807, 2.05) is 0 Å². The summed E-state index contributed by atoms with van der Waals surface area (Å²) >= 11 is 1.77. The fraction of sp³-hybridized carbons (Fsp3) is 0.562. The SMILES string of the molecule is COC(=O)[C@H]1[C@@H]2C[C@@H]3CC[C@H]1N3C/C2=C/c1cccs1. The summed E-state index contributed by atoms with van der Waals surface area (Å²) in [7, 11) is 1.52. The zero-order valence-electron chi connectivity index (χ0n) is 11.6. The third kappa shape index (κ3) is 1.78. The average molecular weight is 289 g/mol. The normalized spacial score (nSPS) is 40.2. The second-order valence-corrected chi connectivity index (χ2v) is 7.08. The van der Waals surface area contributed by atoms with Crippen LogP contribution in [0.3, 0.4) is 0 Å². The standard InChI is InChI=1S/C16H19NO2S/c1-19-16(18)15-13-8-11-4-5-14(15)17(11)9-10(13)7-12-3-2-6-20-12/h2-3,6-7,11,13-15H,4-5,8-9H2,1H3/b10-7-/t11-,13+,14+,15-/m0/s1. The van der Waals surface area contributed by atoms with Gasteiger partial charge in [-0.15, -0.1) is 11.3 Å². The lowest BCUT2D eigenvalue weighted by Crippen LogP contribution is -2.58. The molecule has 0 spiro atoms. The van der Waals surface area contributed by atoms with Gasteiger partial charge in [-0.1, -0.05) is 11.6 Å². The molecule has 20 heavy (non-hydrogen) atoms. The van der Waals surface area contributed by atoms with Crippen molar-refractivity contribution in [3.8, 4) is 0 Å². The fourth-order valence-electron chi connectivity index (χ4n) is 4.44. The van der Waals surface area contributed by atoms with Gasteiger partial charge in [0.1, 0.15) is 0 Å². The summed E-state index contributed by atoms with van der Waals surface area (Å²) in [5, 5.41) is 2.11. The van der Waals surface area contributed by atoms with Crippen LogP contribution in [0.1, 0.15) is 24.1 Å². The summed E-state index contributed by atoms with van der Waals surface area (Å²) in [6, 6.07) is 5.36. The Morgan fingerprint density at radius 3 is 3.15 bits per heavy atom. The predicted molar refractivity (Wildman–Crippen MR) is 79.4 cm³/mol. The Kier molecular flexibility index (Phi) is 2.97. The van der Waals surface area contributed by atoms with Crippen molar-refractivity contribution < 1.29 is 9.53 Å². The number of methoxy groups -OCH3 is 1. The molecule has 5 heterocycles. The second kappa shape index (κ2) is 4.71. The molecule has 0 aromatic carbocycles. The summed E-state index contributed by atoms with van der Waals surface area (Å²) < 4.78 is 5.09. The van der Waals surface area contributed by atoms with E-state index in [-0.39, 0.29) is 11.9 Å². The third-order valence-electron chi connectivity index (χ3n) is 5.25. The van der Waals surface area contributed by atoms with Crippen LogP contribution in [-0.2, 0) is 9.53 Å². The number of ether oxygens (including phenoxy) is 1. The smallest absolute Gasteiger partial charge is 0.310 e. The quantitative estimate of drug-likeness (QED) is 0.784. The topological polar surface area (TPSA) is 29.5 Å². The number of esters is 1. The maximum Gasteiger partial charge on any atom is 0.310 e. The first-order valence-corrected chi connectivity index (χ1v) is 8.23. The van der Waals surface area contributed by atoms with Crippen LogP contribution in [0.25, 0.3) is 6.08 Å². The Balaban J connectivity index is 1.70. The number of hydrogen-bond donors (Lipinski definition) is 0. The van der Waals surface area contributed by atoms with Gasteiger partial charge in [0.25, 0.3) is 0 Å². The van der Waals surface area contributed by atoms with Crippen molar-refractivity contribution in [2.75, 3.05) is 13.7 Å². The number of carbonyl (C=O) groups is 1. The van der Waals surface area contributed by atoms with Crippen molar-refractivity contribution in [3.05, 3.63) is 28.0 Å². The molecule has 0 N–H and O–H groups in total. The Hall–Kier alpha value is -1.13. The van der Waals surface area contributed by atoms with E-state index in [9.17, 15) is 4.79 Å². The van der Waals surface area contributed by atoms with E-state index in [0.717, 1.165) is 19.4 Å². The molecule has 3 nitrogen and oxygen atoms in total. The molecule has 0 aliphatic carbocycles. The summed E-state index contributed by atoms with van der Waals surface area (Å²) in [4.78, 5) is 16.1. The Morgan fingerprint density at radius 1 is 1.50 bits per heavy atom. The molecule has 4 bridgehead atoms. The van der Waals surface area contributed by atoms with E-state index in [2.05, 4.69) is 28.5 Å². The van der Waals surface area contributed by atoms with Crippen LogP contribution in [0.2, 0.25) is 0 Å². The zero-order chi connectivity index (χ0) is 13.7. The molecule has 4 fully saturated rings. The molecule has 0 radical (unpaired) electrons. The van der Waals surface area contributed by atoms with Crippen LogP contribution in [0.5, 0.6) is 0 Å². The molecular weight excluding hydrogens is 270 g/mol.